The molecule has 0 spiro atoms. The van der Waals surface area contributed by atoms with Crippen LogP contribution in [0.15, 0.2) is 105 Å². The molecule has 2 aliphatic heterocycles. The second-order valence-corrected chi connectivity index (χ2v) is 9.47. The first-order valence-electron chi connectivity index (χ1n) is 12.3. The summed E-state index contributed by atoms with van der Waals surface area (Å²) < 4.78 is 16.8. The Morgan fingerprint density at radius 1 is 1.08 bits per heavy atom. The molecule has 194 valence electrons. The Kier molecular flexibility index (Phi) is 7.65. The van der Waals surface area contributed by atoms with E-state index < -0.39 is 12.0 Å². The number of ether oxygens (including phenoxy) is 2. The Hall–Kier alpha value is -4.24. The minimum Gasteiger partial charge on any atom is -0.467 e. The molecule has 2 aliphatic rings. The number of carbonyl (C=O) groups excluding carboxylic acids is 2. The summed E-state index contributed by atoms with van der Waals surface area (Å²) in [5.41, 5.74) is 2.56. The molecule has 3 heterocycles. The number of allylic oxidation sites excluding steroid dienone is 1. The van der Waals surface area contributed by atoms with Crippen molar-refractivity contribution in [2.24, 2.45) is 4.99 Å². The number of nitrogens with zero attached hydrogens (tertiary/aromatic N) is 2. The summed E-state index contributed by atoms with van der Waals surface area (Å²) in [4.78, 5) is 32.7. The monoisotopic (exact) mass is 529 g/mol. The minimum atomic E-state index is -0.542. The molecule has 38 heavy (non-hydrogen) atoms. The third-order valence-corrected chi connectivity index (χ3v) is 6.92. The van der Waals surface area contributed by atoms with Gasteiger partial charge >= 0.3 is 5.97 Å². The molecule has 0 saturated heterocycles. The van der Waals surface area contributed by atoms with Crippen LogP contribution in [0.2, 0.25) is 0 Å². The van der Waals surface area contributed by atoms with E-state index in [1.165, 1.54) is 11.8 Å². The van der Waals surface area contributed by atoms with Crippen LogP contribution in [0.5, 0.6) is 11.5 Å². The van der Waals surface area contributed by atoms with Crippen LogP contribution in [-0.4, -0.2) is 28.6 Å². The molecule has 2 aromatic carbocycles. The van der Waals surface area contributed by atoms with Crippen molar-refractivity contribution >= 4 is 28.8 Å². The molecule has 0 radical (unpaired) electrons. The third kappa shape index (κ3) is 5.52. The van der Waals surface area contributed by atoms with Crippen LogP contribution in [0.1, 0.15) is 37.6 Å². The Labute approximate surface area is 225 Å². The van der Waals surface area contributed by atoms with Crippen LogP contribution in [0.25, 0.3) is 0 Å². The van der Waals surface area contributed by atoms with Crippen LogP contribution < -0.4 is 10.1 Å². The van der Waals surface area contributed by atoms with Crippen LogP contribution >= 0.6 is 11.8 Å². The lowest BCUT2D eigenvalue weighted by Crippen LogP contribution is -2.38. The van der Waals surface area contributed by atoms with Gasteiger partial charge in [-0.05, 0) is 61.2 Å². The average Bonchev–Trinajstić information content (AvgIpc) is 3.58. The topological polar surface area (TPSA) is 93.4 Å². The number of esters is 1. The molecule has 0 bridgehead atoms. The first-order chi connectivity index (χ1) is 18.5. The van der Waals surface area contributed by atoms with Crippen LogP contribution in [0, 0.1) is 0 Å². The van der Waals surface area contributed by atoms with Crippen molar-refractivity contribution in [2.75, 3.05) is 6.61 Å². The summed E-state index contributed by atoms with van der Waals surface area (Å²) in [7, 11) is 0. The van der Waals surface area contributed by atoms with Gasteiger partial charge in [0.1, 0.15) is 17.3 Å². The molecule has 1 amide bonds. The number of hydrogen-bond donors (Lipinski definition) is 1. The van der Waals surface area contributed by atoms with Crippen molar-refractivity contribution < 1.29 is 23.5 Å². The minimum absolute atomic E-state index is 0.110. The Bertz CT molecular complexity index is 1410. The second kappa shape index (κ2) is 11.4. The fourth-order valence-corrected chi connectivity index (χ4v) is 5.32. The quantitative estimate of drug-likeness (QED) is 0.344. The van der Waals surface area contributed by atoms with Crippen molar-refractivity contribution in [3.05, 3.63) is 107 Å². The number of rotatable bonds is 9. The Morgan fingerprint density at radius 3 is 2.66 bits per heavy atom. The first kappa shape index (κ1) is 25.4. The lowest BCUT2D eigenvalue weighted by Gasteiger charge is -2.36. The fraction of sp³-hybridized carbons (Fsp3) is 0.207. The Morgan fingerprint density at radius 2 is 1.89 bits per heavy atom. The zero-order valence-electron chi connectivity index (χ0n) is 21.0. The molecular weight excluding hydrogens is 502 g/mol. The highest BCUT2D eigenvalue weighted by atomic mass is 32.2. The van der Waals surface area contributed by atoms with Gasteiger partial charge in [0.2, 0.25) is 5.91 Å². The number of benzene rings is 2. The summed E-state index contributed by atoms with van der Waals surface area (Å²) in [6, 6.07) is 20.1. The van der Waals surface area contributed by atoms with E-state index in [-0.39, 0.29) is 18.9 Å². The van der Waals surface area contributed by atoms with Crippen molar-refractivity contribution in [2.45, 2.75) is 32.9 Å². The van der Waals surface area contributed by atoms with Crippen LogP contribution in [0.4, 0.5) is 0 Å². The molecular formula is C29H27N3O5S. The lowest BCUT2D eigenvalue weighted by molar-refractivity contribution is -0.139. The third-order valence-electron chi connectivity index (χ3n) is 6.03. The molecule has 1 aromatic heterocycles. The van der Waals surface area contributed by atoms with Gasteiger partial charge in [0, 0.05) is 5.70 Å². The van der Waals surface area contributed by atoms with Gasteiger partial charge in [0.05, 0.1) is 43.1 Å². The number of para-hydroxylation sites is 1. The van der Waals surface area contributed by atoms with Gasteiger partial charge in [-0.3, -0.25) is 4.79 Å². The van der Waals surface area contributed by atoms with Gasteiger partial charge < -0.3 is 24.1 Å². The number of aliphatic imine (C=N–C) groups is 1. The zero-order valence-corrected chi connectivity index (χ0v) is 21.9. The Balaban J connectivity index is 1.45. The largest absolute Gasteiger partial charge is 0.467 e. The summed E-state index contributed by atoms with van der Waals surface area (Å²) in [5, 5.41) is 5.49. The maximum atomic E-state index is 13.2. The van der Waals surface area contributed by atoms with Gasteiger partial charge in [-0.25, -0.2) is 9.79 Å². The van der Waals surface area contributed by atoms with E-state index in [4.69, 9.17) is 18.9 Å². The van der Waals surface area contributed by atoms with Gasteiger partial charge in [0.25, 0.3) is 0 Å². The van der Waals surface area contributed by atoms with E-state index in [1.807, 2.05) is 71.8 Å². The number of thioether (sulfide) groups is 1. The van der Waals surface area contributed by atoms with Crippen LogP contribution in [0.3, 0.4) is 0 Å². The first-order valence-corrected chi connectivity index (χ1v) is 13.1. The number of amidine groups is 1. The van der Waals surface area contributed by atoms with E-state index in [0.717, 1.165) is 11.3 Å². The lowest BCUT2D eigenvalue weighted by atomic mass is 9.93. The normalized spacial score (nSPS) is 16.5. The summed E-state index contributed by atoms with van der Waals surface area (Å²) in [5.74, 6) is 1.40. The molecule has 1 N–H and O–H groups in total. The summed E-state index contributed by atoms with van der Waals surface area (Å²) >= 11 is 1.43. The summed E-state index contributed by atoms with van der Waals surface area (Å²) in [6.45, 7) is 4.11. The van der Waals surface area contributed by atoms with Gasteiger partial charge in [-0.15, -0.1) is 0 Å². The zero-order chi connectivity index (χ0) is 26.5. The number of nitrogens with one attached hydrogen (secondary N) is 1. The number of hydrogen-bond acceptors (Lipinski definition) is 8. The number of fused-ring (bicyclic) bond motifs is 1. The van der Waals surface area contributed by atoms with Gasteiger partial charge in [0.15, 0.2) is 5.17 Å². The molecule has 0 fully saturated rings. The molecule has 5 rings (SSSR count). The standard InChI is InChI=1S/C29H27N3O5S/c1-3-35-28(34)26-19(2)31-29-32(21(18-38-29)16-25(33)30-17-24-13-8-14-36-24)27(26)20-9-7-12-23(15-20)37-22-10-5-4-6-11-22/h4-15,18,27H,3,16-17H2,1-2H3,(H,30,33)/t27-/m0/s1. The maximum absolute atomic E-state index is 13.2. The summed E-state index contributed by atoms with van der Waals surface area (Å²) in [6.07, 6.45) is 1.68. The van der Waals surface area contributed by atoms with E-state index in [1.54, 1.807) is 25.3 Å². The maximum Gasteiger partial charge on any atom is 0.338 e. The fourth-order valence-electron chi connectivity index (χ4n) is 4.35. The highest BCUT2D eigenvalue weighted by Gasteiger charge is 2.41. The second-order valence-electron chi connectivity index (χ2n) is 8.63. The smallest absolute Gasteiger partial charge is 0.338 e. The number of amides is 1. The molecule has 0 aliphatic carbocycles. The van der Waals surface area contributed by atoms with Crippen molar-refractivity contribution in [1.29, 1.82) is 0 Å². The SMILES string of the molecule is CCOC(=O)C1=C(C)N=C2SC=C(CC(=O)NCc3ccco3)N2[C@H]1c1cccc(Oc2ccccc2)c1. The van der Waals surface area contributed by atoms with Crippen molar-refractivity contribution in [3.63, 3.8) is 0 Å². The van der Waals surface area contributed by atoms with E-state index in [2.05, 4.69) is 5.32 Å². The van der Waals surface area contributed by atoms with E-state index >= 15 is 0 Å². The number of furan rings is 1. The number of carbonyl (C=O) groups is 2. The van der Waals surface area contributed by atoms with Crippen LogP contribution in [-0.2, 0) is 20.9 Å². The average molecular weight is 530 g/mol. The predicted molar refractivity (Wildman–Crippen MR) is 145 cm³/mol. The molecule has 3 aromatic rings. The predicted octanol–water partition coefficient (Wildman–Crippen LogP) is 5.92. The van der Waals surface area contributed by atoms with Gasteiger partial charge in [-0.1, -0.05) is 42.1 Å². The molecule has 8 nitrogen and oxygen atoms in total. The molecule has 1 atom stereocenters. The molecule has 9 heteroatoms. The van der Waals surface area contributed by atoms with Crippen molar-refractivity contribution in [3.8, 4) is 11.5 Å². The van der Waals surface area contributed by atoms with E-state index in [9.17, 15) is 9.59 Å². The molecule has 0 unspecified atom stereocenters. The van der Waals surface area contributed by atoms with Gasteiger partial charge in [-0.2, -0.15) is 0 Å². The highest BCUT2D eigenvalue weighted by Crippen LogP contribution is 2.45. The van der Waals surface area contributed by atoms with Crippen molar-refractivity contribution in [1.82, 2.24) is 10.2 Å². The highest BCUT2D eigenvalue weighted by molar-refractivity contribution is 8.16. The van der Waals surface area contributed by atoms with E-state index in [0.29, 0.717) is 40.2 Å². The molecule has 0 saturated carbocycles.